The fourth-order valence-electron chi connectivity index (χ4n) is 3.52. The smallest absolute Gasteiger partial charge is 0.320 e. The Balaban J connectivity index is 2.02. The van der Waals surface area contributed by atoms with Crippen LogP contribution in [0, 0.1) is 17.1 Å². The third-order valence-electron chi connectivity index (χ3n) is 5.58. The van der Waals surface area contributed by atoms with Crippen molar-refractivity contribution in [3.8, 4) is 6.07 Å². The highest BCUT2D eigenvalue weighted by Crippen LogP contribution is 2.55. The van der Waals surface area contributed by atoms with Gasteiger partial charge in [-0.2, -0.15) is 44.8 Å². The van der Waals surface area contributed by atoms with E-state index in [2.05, 4.69) is 21.2 Å². The molecule has 0 unspecified atom stereocenters. The van der Waals surface area contributed by atoms with Gasteiger partial charge in [0.1, 0.15) is 0 Å². The normalized spacial score (nSPS) is 12.5. The molecule has 3 aromatic rings. The molecule has 0 heterocycles. The minimum atomic E-state index is -6.73. The molecule has 0 aliphatic rings. The maximum Gasteiger partial charge on any atom is 0.435 e. The molecule has 222 valence electrons. The van der Waals surface area contributed by atoms with Crippen LogP contribution in [0.5, 0.6) is 0 Å². The number of nitriles is 1. The maximum absolute atomic E-state index is 15.1. The number of carbonyl (C=O) groups excluding carboxylic acids is 2. The summed E-state index contributed by atoms with van der Waals surface area (Å²) in [6.07, 6.45) is -19.2. The largest absolute Gasteiger partial charge is 0.435 e. The number of hydrogen-bond acceptors (Lipinski definition) is 3. The average molecular weight is 674 g/mol. The zero-order chi connectivity index (χ0) is 31.8. The lowest BCUT2D eigenvalue weighted by molar-refractivity contribution is -0.348. The molecular formula is C25H11BrF11N3O2. The number of rotatable bonds is 5. The molecule has 0 aromatic heterocycles. The van der Waals surface area contributed by atoms with Crippen molar-refractivity contribution in [2.24, 2.45) is 0 Å². The Morgan fingerprint density at radius 2 is 1.36 bits per heavy atom. The fourth-order valence-corrected chi connectivity index (χ4v) is 4.08. The van der Waals surface area contributed by atoms with Crippen LogP contribution in [-0.4, -0.2) is 24.2 Å². The lowest BCUT2D eigenvalue weighted by atomic mass is 9.92. The second-order valence-corrected chi connectivity index (χ2v) is 9.15. The summed E-state index contributed by atoms with van der Waals surface area (Å²) in [7, 11) is 0. The van der Waals surface area contributed by atoms with Gasteiger partial charge in [-0.1, -0.05) is 6.07 Å². The lowest BCUT2D eigenvalue weighted by Gasteiger charge is -2.31. The number of nitrogens with one attached hydrogen (secondary N) is 2. The molecule has 0 saturated heterocycles. The predicted octanol–water partition coefficient (Wildman–Crippen LogP) is 8.27. The van der Waals surface area contributed by atoms with E-state index >= 15 is 4.39 Å². The molecule has 3 rings (SSSR count). The topological polar surface area (TPSA) is 82.0 Å². The summed E-state index contributed by atoms with van der Waals surface area (Å²) in [6, 6.07) is 8.46. The number of benzene rings is 3. The Bertz CT molecular complexity index is 1560. The summed E-state index contributed by atoms with van der Waals surface area (Å²) < 4.78 is 148. The number of amides is 2. The Morgan fingerprint density at radius 3 is 1.86 bits per heavy atom. The number of alkyl halides is 10. The molecular weight excluding hydrogens is 663 g/mol. The second-order valence-electron chi connectivity index (χ2n) is 8.30. The summed E-state index contributed by atoms with van der Waals surface area (Å²) in [5.41, 5.74) is -14.0. The quantitative estimate of drug-likeness (QED) is 0.268. The van der Waals surface area contributed by atoms with E-state index in [-0.39, 0.29) is 17.2 Å². The van der Waals surface area contributed by atoms with Crippen molar-refractivity contribution in [1.29, 1.82) is 5.26 Å². The molecule has 0 aliphatic carbocycles. The van der Waals surface area contributed by atoms with Crippen LogP contribution < -0.4 is 10.6 Å². The van der Waals surface area contributed by atoms with Crippen molar-refractivity contribution >= 4 is 39.1 Å². The van der Waals surface area contributed by atoms with Crippen molar-refractivity contribution in [2.75, 3.05) is 10.6 Å². The van der Waals surface area contributed by atoms with Gasteiger partial charge in [0.25, 0.3) is 11.8 Å². The van der Waals surface area contributed by atoms with Crippen LogP contribution in [0.4, 0.5) is 59.7 Å². The number of nitrogens with zero attached hydrogens (tertiary/aromatic N) is 1. The van der Waals surface area contributed by atoms with E-state index in [1.54, 1.807) is 11.4 Å². The lowest BCUT2D eigenvalue weighted by Crippen LogP contribution is -2.50. The molecule has 0 spiro atoms. The standard InChI is InChI=1S/C25H11BrF11N3O2/c26-16-9-13(22(28,24(32,33)34)25(35,36)37)8-15(23(29,30)31)19(16)40-21(42)14-2-1-3-17(18(14)27)39-20(41)12-6-4-11(10-38)5-7-12/h1-9H,(H,39,41)(H,40,42). The summed E-state index contributed by atoms with van der Waals surface area (Å²) in [6.45, 7) is 0. The Kier molecular flexibility index (Phi) is 8.64. The molecule has 0 aliphatic heterocycles. The first-order valence-corrected chi connectivity index (χ1v) is 11.7. The highest BCUT2D eigenvalue weighted by atomic mass is 79.9. The SMILES string of the molecule is N#Cc1ccc(C(=O)Nc2cccc(C(=O)Nc3c(Br)cc(C(F)(C(F)(F)F)C(F)(F)F)cc3C(F)(F)F)c2F)cc1. The summed E-state index contributed by atoms with van der Waals surface area (Å²) in [4.78, 5) is 25.1. The highest BCUT2D eigenvalue weighted by Gasteiger charge is 2.73. The first-order valence-electron chi connectivity index (χ1n) is 10.9. The van der Waals surface area contributed by atoms with Gasteiger partial charge >= 0.3 is 24.2 Å². The van der Waals surface area contributed by atoms with Crippen molar-refractivity contribution < 1.29 is 57.9 Å². The Hall–Kier alpha value is -4.20. The van der Waals surface area contributed by atoms with Gasteiger partial charge in [0.2, 0.25) is 0 Å². The second kappa shape index (κ2) is 11.2. The molecule has 2 N–H and O–H groups in total. The van der Waals surface area contributed by atoms with Gasteiger partial charge in [0.15, 0.2) is 5.82 Å². The van der Waals surface area contributed by atoms with E-state index in [1.165, 1.54) is 24.3 Å². The highest BCUT2D eigenvalue weighted by molar-refractivity contribution is 9.10. The first kappa shape index (κ1) is 32.3. The van der Waals surface area contributed by atoms with Gasteiger partial charge in [-0.25, -0.2) is 8.78 Å². The summed E-state index contributed by atoms with van der Waals surface area (Å²) in [5, 5.41) is 12.5. The third-order valence-corrected chi connectivity index (χ3v) is 6.21. The van der Waals surface area contributed by atoms with E-state index in [1.807, 2.05) is 0 Å². The van der Waals surface area contributed by atoms with Crippen molar-refractivity contribution in [3.05, 3.63) is 92.7 Å². The maximum atomic E-state index is 15.1. The van der Waals surface area contributed by atoms with Gasteiger partial charge in [0, 0.05) is 15.6 Å². The van der Waals surface area contributed by atoms with Crippen LogP contribution in [0.15, 0.2) is 59.1 Å². The van der Waals surface area contributed by atoms with Crippen LogP contribution in [0.1, 0.15) is 37.4 Å². The third kappa shape index (κ3) is 6.17. The molecule has 5 nitrogen and oxygen atoms in total. The Morgan fingerprint density at radius 1 is 0.786 bits per heavy atom. The van der Waals surface area contributed by atoms with Crippen LogP contribution in [-0.2, 0) is 11.8 Å². The fraction of sp³-hybridized carbons (Fsp3) is 0.160. The molecule has 0 saturated carbocycles. The molecule has 0 atom stereocenters. The van der Waals surface area contributed by atoms with E-state index < -0.39 is 80.4 Å². The summed E-state index contributed by atoms with van der Waals surface area (Å²) >= 11 is 2.33. The van der Waals surface area contributed by atoms with Gasteiger partial charge in [-0.05, 0) is 64.5 Å². The first-order chi connectivity index (χ1) is 19.2. The molecule has 17 heteroatoms. The summed E-state index contributed by atoms with van der Waals surface area (Å²) in [5.74, 6) is -4.06. The molecule has 0 radical (unpaired) electrons. The molecule has 0 fully saturated rings. The van der Waals surface area contributed by atoms with E-state index in [4.69, 9.17) is 5.26 Å². The molecule has 3 aromatic carbocycles. The predicted molar refractivity (Wildman–Crippen MR) is 128 cm³/mol. The zero-order valence-corrected chi connectivity index (χ0v) is 21.6. The van der Waals surface area contributed by atoms with Gasteiger partial charge < -0.3 is 10.6 Å². The Labute approximate surface area is 236 Å². The number of hydrogen-bond donors (Lipinski definition) is 2. The van der Waals surface area contributed by atoms with Crippen LogP contribution in [0.25, 0.3) is 0 Å². The van der Waals surface area contributed by atoms with E-state index in [0.717, 1.165) is 18.2 Å². The van der Waals surface area contributed by atoms with Crippen molar-refractivity contribution in [1.82, 2.24) is 0 Å². The van der Waals surface area contributed by atoms with Gasteiger partial charge in [0.05, 0.1) is 34.1 Å². The van der Waals surface area contributed by atoms with Crippen LogP contribution in [0.3, 0.4) is 0 Å². The monoisotopic (exact) mass is 673 g/mol. The van der Waals surface area contributed by atoms with Crippen molar-refractivity contribution in [3.63, 3.8) is 0 Å². The molecule has 2 amide bonds. The van der Waals surface area contributed by atoms with E-state index in [9.17, 15) is 53.5 Å². The van der Waals surface area contributed by atoms with Gasteiger partial charge in [-0.3, -0.25) is 9.59 Å². The number of halogens is 12. The van der Waals surface area contributed by atoms with E-state index in [0.29, 0.717) is 0 Å². The minimum absolute atomic E-state index is 0.0521. The number of carbonyl (C=O) groups is 2. The molecule has 42 heavy (non-hydrogen) atoms. The zero-order valence-electron chi connectivity index (χ0n) is 20.0. The minimum Gasteiger partial charge on any atom is -0.320 e. The van der Waals surface area contributed by atoms with Crippen LogP contribution >= 0.6 is 15.9 Å². The number of anilines is 2. The molecule has 0 bridgehead atoms. The van der Waals surface area contributed by atoms with Crippen molar-refractivity contribution in [2.45, 2.75) is 24.2 Å². The van der Waals surface area contributed by atoms with Crippen LogP contribution in [0.2, 0.25) is 0 Å². The van der Waals surface area contributed by atoms with Gasteiger partial charge in [-0.15, -0.1) is 0 Å². The average Bonchev–Trinajstić information content (AvgIpc) is 2.88.